The molecule has 34 heavy (non-hydrogen) atoms. The normalized spacial score (nSPS) is 14.0. The van der Waals surface area contributed by atoms with E-state index in [-0.39, 0.29) is 11.6 Å². The van der Waals surface area contributed by atoms with Crippen molar-refractivity contribution in [2.24, 2.45) is 15.4 Å². The molecule has 0 radical (unpaired) electrons. The molecule has 1 unspecified atom stereocenters. The number of hydrogen-bond acceptors (Lipinski definition) is 8. The molecule has 172 valence electrons. The lowest BCUT2D eigenvalue weighted by molar-refractivity contribution is 0.393. The molecule has 5 rings (SSSR count). The van der Waals surface area contributed by atoms with Gasteiger partial charge in [-0.25, -0.2) is 9.97 Å². The molecule has 0 bridgehead atoms. The maximum absolute atomic E-state index is 13.7. The van der Waals surface area contributed by atoms with E-state index in [0.717, 1.165) is 35.4 Å². The van der Waals surface area contributed by atoms with Gasteiger partial charge in [0.05, 0.1) is 28.7 Å². The van der Waals surface area contributed by atoms with Crippen LogP contribution in [0.25, 0.3) is 22.4 Å². The van der Waals surface area contributed by atoms with Crippen molar-refractivity contribution in [2.75, 3.05) is 6.54 Å². The number of benzene rings is 1. The molecule has 1 aromatic carbocycles. The van der Waals surface area contributed by atoms with Gasteiger partial charge in [0, 0.05) is 0 Å². The van der Waals surface area contributed by atoms with E-state index in [1.807, 2.05) is 63.2 Å². The minimum absolute atomic E-state index is 0.130. The molecule has 0 fully saturated rings. The molecule has 4 aromatic rings. The fourth-order valence-corrected chi connectivity index (χ4v) is 4.35. The number of aromatic nitrogens is 4. The summed E-state index contributed by atoms with van der Waals surface area (Å²) in [5.74, 6) is 0.687. The van der Waals surface area contributed by atoms with Crippen molar-refractivity contribution >= 4 is 16.9 Å². The Morgan fingerprint density at radius 2 is 1.88 bits per heavy atom. The summed E-state index contributed by atoms with van der Waals surface area (Å²) in [5.41, 5.74) is 5.87. The van der Waals surface area contributed by atoms with E-state index in [2.05, 4.69) is 20.6 Å². The Bertz CT molecular complexity index is 1450. The molecule has 0 saturated heterocycles. The first-order valence-electron chi connectivity index (χ1n) is 11.4. The lowest BCUT2D eigenvalue weighted by Gasteiger charge is -2.19. The molecule has 9 heteroatoms. The highest BCUT2D eigenvalue weighted by Gasteiger charge is 2.20. The van der Waals surface area contributed by atoms with Gasteiger partial charge < -0.3 is 4.52 Å². The number of hydrogen-bond donors (Lipinski definition) is 0. The first-order chi connectivity index (χ1) is 16.5. The van der Waals surface area contributed by atoms with Crippen LogP contribution >= 0.6 is 0 Å². The monoisotopic (exact) mass is 455 g/mol. The summed E-state index contributed by atoms with van der Waals surface area (Å²) in [4.78, 5) is 23.3. The lowest BCUT2D eigenvalue weighted by Crippen LogP contribution is -2.29. The summed E-state index contributed by atoms with van der Waals surface area (Å²) in [6.45, 7) is 6.29. The molecule has 3 aromatic heterocycles. The fourth-order valence-electron chi connectivity index (χ4n) is 4.35. The van der Waals surface area contributed by atoms with Crippen LogP contribution in [-0.2, 0) is 6.42 Å². The lowest BCUT2D eigenvalue weighted by atomic mass is 10.1. The van der Waals surface area contributed by atoms with E-state index in [1.54, 1.807) is 4.57 Å². The second-order valence-electron chi connectivity index (χ2n) is 8.47. The van der Waals surface area contributed by atoms with E-state index in [0.29, 0.717) is 41.3 Å². The van der Waals surface area contributed by atoms with Gasteiger partial charge in [0.25, 0.3) is 5.56 Å². The minimum Gasteiger partial charge on any atom is -0.361 e. The molecule has 0 saturated carbocycles. The van der Waals surface area contributed by atoms with Gasteiger partial charge in [0.2, 0.25) is 0 Å². The smallest absolute Gasteiger partial charge is 0.274 e. The maximum Gasteiger partial charge on any atom is 0.274 e. The van der Waals surface area contributed by atoms with Gasteiger partial charge in [-0.15, -0.1) is 5.10 Å². The summed E-state index contributed by atoms with van der Waals surface area (Å²) in [7, 11) is 0. The van der Waals surface area contributed by atoms with E-state index >= 15 is 0 Å². The highest BCUT2D eigenvalue weighted by Crippen LogP contribution is 2.28. The second kappa shape index (κ2) is 9.09. The van der Waals surface area contributed by atoms with Crippen LogP contribution in [-0.4, -0.2) is 31.9 Å². The van der Waals surface area contributed by atoms with Crippen LogP contribution in [0.15, 0.2) is 67.2 Å². The second-order valence-corrected chi connectivity index (χ2v) is 8.47. The van der Waals surface area contributed by atoms with Crippen LogP contribution in [0.4, 0.5) is 0 Å². The number of aryl methyl sites for hydroxylation is 3. The van der Waals surface area contributed by atoms with Crippen LogP contribution in [0, 0.1) is 13.8 Å². The molecule has 0 N–H and O–H groups in total. The van der Waals surface area contributed by atoms with E-state index in [4.69, 9.17) is 14.5 Å². The number of rotatable bonds is 7. The first kappa shape index (κ1) is 21.8. The van der Waals surface area contributed by atoms with Gasteiger partial charge >= 0.3 is 0 Å². The Morgan fingerprint density at radius 3 is 2.59 bits per heavy atom. The quantitative estimate of drug-likeness (QED) is 0.397. The molecule has 0 amide bonds. The van der Waals surface area contributed by atoms with Gasteiger partial charge in [0.15, 0.2) is 5.65 Å². The highest BCUT2D eigenvalue weighted by atomic mass is 16.5. The molecule has 0 spiro atoms. The van der Waals surface area contributed by atoms with Crippen LogP contribution in [0.3, 0.4) is 0 Å². The summed E-state index contributed by atoms with van der Waals surface area (Å²) in [5, 5.41) is 15.6. The third-order valence-electron chi connectivity index (χ3n) is 6.14. The standard InChI is InChI=1S/C25H25N7O2/c1-15-23(17(3)34-30-15)20-12-13-21-24(28-20)32(16(2)18-8-5-4-6-9-18)25(33)22(27-21)11-7-10-19-14-26-31-29-19/h4-6,8-9,12-13,16H,7,10-11,14H2,1-3H3. The van der Waals surface area contributed by atoms with Crippen molar-refractivity contribution in [2.45, 2.75) is 46.1 Å². The maximum atomic E-state index is 13.7. The number of nitrogens with zero attached hydrogens (tertiary/aromatic N) is 7. The van der Waals surface area contributed by atoms with E-state index in [1.165, 1.54) is 0 Å². The summed E-state index contributed by atoms with van der Waals surface area (Å²) in [6.07, 6.45) is 2.03. The molecule has 1 aliphatic heterocycles. The van der Waals surface area contributed by atoms with Crippen LogP contribution in [0.5, 0.6) is 0 Å². The molecule has 0 aliphatic carbocycles. The Balaban J connectivity index is 1.61. The topological polar surface area (TPSA) is 111 Å². The zero-order valence-electron chi connectivity index (χ0n) is 19.4. The zero-order valence-corrected chi connectivity index (χ0v) is 19.4. The Hall–Kier alpha value is -4.01. The minimum atomic E-state index is -0.220. The predicted octanol–water partition coefficient (Wildman–Crippen LogP) is 4.82. The Kier molecular flexibility index (Phi) is 5.83. The van der Waals surface area contributed by atoms with Gasteiger partial charge in [-0.3, -0.25) is 9.36 Å². The SMILES string of the molecule is Cc1noc(C)c1-c1ccc2nc(CCCC3=NN=NC3)c(=O)n(C(C)c3ccccc3)c2n1. The van der Waals surface area contributed by atoms with Crippen molar-refractivity contribution < 1.29 is 4.52 Å². The van der Waals surface area contributed by atoms with E-state index in [9.17, 15) is 4.79 Å². The third-order valence-corrected chi connectivity index (χ3v) is 6.14. The average molecular weight is 456 g/mol. The Labute approximate surface area is 196 Å². The fraction of sp³-hybridized carbons (Fsp3) is 0.320. The number of fused-ring (bicyclic) bond motifs is 1. The van der Waals surface area contributed by atoms with Gasteiger partial charge in [0.1, 0.15) is 23.5 Å². The van der Waals surface area contributed by atoms with Gasteiger partial charge in [-0.2, -0.15) is 5.11 Å². The summed E-state index contributed by atoms with van der Waals surface area (Å²) >= 11 is 0. The molecular weight excluding hydrogens is 430 g/mol. The van der Waals surface area contributed by atoms with Crippen molar-refractivity contribution in [3.63, 3.8) is 0 Å². The zero-order chi connectivity index (χ0) is 23.7. The van der Waals surface area contributed by atoms with E-state index < -0.39 is 0 Å². The first-order valence-corrected chi connectivity index (χ1v) is 11.4. The van der Waals surface area contributed by atoms with Crippen LogP contribution in [0.2, 0.25) is 0 Å². The van der Waals surface area contributed by atoms with Crippen molar-refractivity contribution in [1.29, 1.82) is 0 Å². The van der Waals surface area contributed by atoms with Gasteiger partial charge in [-0.1, -0.05) is 35.5 Å². The molecule has 9 nitrogen and oxygen atoms in total. The summed E-state index contributed by atoms with van der Waals surface area (Å²) in [6, 6.07) is 13.6. The molecule has 1 aliphatic rings. The largest absolute Gasteiger partial charge is 0.361 e. The Morgan fingerprint density at radius 1 is 1.06 bits per heavy atom. The highest BCUT2D eigenvalue weighted by molar-refractivity contribution is 5.87. The average Bonchev–Trinajstić information content (AvgIpc) is 3.49. The van der Waals surface area contributed by atoms with Crippen LogP contribution in [0.1, 0.15) is 48.5 Å². The molecular formula is C25H25N7O2. The third kappa shape index (κ3) is 4.05. The van der Waals surface area contributed by atoms with Gasteiger partial charge in [-0.05, 0) is 63.0 Å². The number of pyridine rings is 1. The van der Waals surface area contributed by atoms with Crippen molar-refractivity contribution in [1.82, 2.24) is 19.7 Å². The molecule has 4 heterocycles. The molecule has 1 atom stereocenters. The van der Waals surface area contributed by atoms with Crippen molar-refractivity contribution in [3.8, 4) is 11.3 Å². The summed E-state index contributed by atoms with van der Waals surface area (Å²) < 4.78 is 7.10. The van der Waals surface area contributed by atoms with Crippen LogP contribution < -0.4 is 5.56 Å². The predicted molar refractivity (Wildman–Crippen MR) is 129 cm³/mol. The van der Waals surface area contributed by atoms with Crippen molar-refractivity contribution in [3.05, 3.63) is 75.5 Å².